The molecule has 2 amide bonds. The fourth-order valence-corrected chi connectivity index (χ4v) is 2.61. The summed E-state index contributed by atoms with van der Waals surface area (Å²) in [5, 5.41) is 11.8. The van der Waals surface area contributed by atoms with Crippen LogP contribution in [0.2, 0.25) is 0 Å². The van der Waals surface area contributed by atoms with E-state index >= 15 is 0 Å². The number of nitrogens with two attached hydrogens (primary N) is 2. The molecule has 148 valence electrons. The molecule has 0 aliphatic carbocycles. The van der Waals surface area contributed by atoms with Gasteiger partial charge >= 0.3 is 12.1 Å². The van der Waals surface area contributed by atoms with E-state index in [1.54, 1.807) is 20.8 Å². The molecule has 0 radical (unpaired) electrons. The Hall–Kier alpha value is -2.52. The van der Waals surface area contributed by atoms with Crippen LogP contribution in [0.25, 0.3) is 0 Å². The summed E-state index contributed by atoms with van der Waals surface area (Å²) in [7, 11) is 0. The smallest absolute Gasteiger partial charge is 0.410 e. The number of rotatable bonds is 7. The van der Waals surface area contributed by atoms with E-state index in [1.165, 1.54) is 4.90 Å². The molecule has 0 bridgehead atoms. The fourth-order valence-electron chi connectivity index (χ4n) is 2.61. The van der Waals surface area contributed by atoms with Crippen LogP contribution in [0.1, 0.15) is 46.5 Å². The van der Waals surface area contributed by atoms with Crippen molar-refractivity contribution in [3.63, 3.8) is 0 Å². The number of carboxylic acid groups (broad SMARTS) is 1. The molecule has 0 aromatic heterocycles. The van der Waals surface area contributed by atoms with Gasteiger partial charge in [0.25, 0.3) is 0 Å². The minimum Gasteiger partial charge on any atom is -0.480 e. The Balaban J connectivity index is 2.65. The van der Waals surface area contributed by atoms with Crippen LogP contribution in [0.3, 0.4) is 0 Å². The van der Waals surface area contributed by atoms with Crippen LogP contribution in [-0.4, -0.2) is 64.7 Å². The lowest BCUT2D eigenvalue weighted by Gasteiger charge is -2.28. The average Bonchev–Trinajstić information content (AvgIpc) is 2.97. The van der Waals surface area contributed by atoms with Crippen molar-refractivity contribution in [2.75, 3.05) is 13.1 Å². The molecule has 0 spiro atoms. The molecule has 1 fully saturated rings. The number of carbonyl (C=O) groups is 3. The maximum absolute atomic E-state index is 12.5. The van der Waals surface area contributed by atoms with Crippen LogP contribution in [0.15, 0.2) is 4.99 Å². The molecule has 1 aliphatic heterocycles. The van der Waals surface area contributed by atoms with Gasteiger partial charge in [0, 0.05) is 13.1 Å². The highest BCUT2D eigenvalue weighted by molar-refractivity contribution is 5.89. The van der Waals surface area contributed by atoms with Crippen molar-refractivity contribution in [1.29, 1.82) is 0 Å². The van der Waals surface area contributed by atoms with Crippen LogP contribution in [-0.2, 0) is 14.3 Å². The summed E-state index contributed by atoms with van der Waals surface area (Å²) in [6.45, 7) is 5.90. The molecule has 0 aromatic rings. The van der Waals surface area contributed by atoms with Crippen LogP contribution < -0.4 is 16.8 Å². The Morgan fingerprint density at radius 1 is 1.35 bits per heavy atom. The van der Waals surface area contributed by atoms with Gasteiger partial charge in [-0.2, -0.15) is 0 Å². The summed E-state index contributed by atoms with van der Waals surface area (Å²) in [4.78, 5) is 41.2. The average molecular weight is 371 g/mol. The standard InChI is InChI=1S/C16H29N5O5/c1-16(2,3)26-15(25)21-9-5-7-11(21)12(22)20-10(13(23)24)6-4-8-19-14(17)18/h10-11H,4-9H2,1-3H3,(H,20,22)(H,23,24)(H4,17,18,19). The van der Waals surface area contributed by atoms with E-state index in [2.05, 4.69) is 10.3 Å². The molecule has 10 nitrogen and oxygen atoms in total. The van der Waals surface area contributed by atoms with Crippen molar-refractivity contribution in [3.8, 4) is 0 Å². The lowest BCUT2D eigenvalue weighted by Crippen LogP contribution is -2.51. The fraction of sp³-hybridized carbons (Fsp3) is 0.750. The summed E-state index contributed by atoms with van der Waals surface area (Å²) in [5.74, 6) is -1.72. The Bertz CT molecular complexity index is 554. The van der Waals surface area contributed by atoms with Gasteiger partial charge in [0.2, 0.25) is 5.91 Å². The van der Waals surface area contributed by atoms with Gasteiger partial charge in [-0.1, -0.05) is 0 Å². The second-order valence-electron chi connectivity index (χ2n) is 7.18. The Kier molecular flexibility index (Phi) is 7.66. The van der Waals surface area contributed by atoms with E-state index in [0.717, 1.165) is 0 Å². The molecule has 0 aromatic carbocycles. The minimum absolute atomic E-state index is 0.0696. The monoisotopic (exact) mass is 371 g/mol. The zero-order chi connectivity index (χ0) is 19.9. The van der Waals surface area contributed by atoms with Gasteiger partial charge in [0.1, 0.15) is 17.7 Å². The van der Waals surface area contributed by atoms with Crippen molar-refractivity contribution in [1.82, 2.24) is 10.2 Å². The summed E-state index contributed by atoms with van der Waals surface area (Å²) in [6, 6.07) is -1.80. The molecule has 1 heterocycles. The number of carboxylic acids is 1. The van der Waals surface area contributed by atoms with Crippen molar-refractivity contribution in [3.05, 3.63) is 0 Å². The number of hydrogen-bond donors (Lipinski definition) is 4. The molecule has 26 heavy (non-hydrogen) atoms. The lowest BCUT2D eigenvalue weighted by atomic mass is 10.1. The van der Waals surface area contributed by atoms with Crippen molar-refractivity contribution in [2.24, 2.45) is 16.5 Å². The highest BCUT2D eigenvalue weighted by atomic mass is 16.6. The van der Waals surface area contributed by atoms with E-state index in [4.69, 9.17) is 16.2 Å². The highest BCUT2D eigenvalue weighted by Crippen LogP contribution is 2.21. The number of likely N-dealkylation sites (tertiary alicyclic amines) is 1. The number of guanidine groups is 1. The Morgan fingerprint density at radius 3 is 2.54 bits per heavy atom. The van der Waals surface area contributed by atoms with Crippen LogP contribution in [0.4, 0.5) is 4.79 Å². The molecule has 2 unspecified atom stereocenters. The first kappa shape index (κ1) is 21.5. The Morgan fingerprint density at radius 2 is 2.00 bits per heavy atom. The summed E-state index contributed by atoms with van der Waals surface area (Å²) in [6.07, 6.45) is 1.12. The number of nitrogens with zero attached hydrogens (tertiary/aromatic N) is 2. The summed E-state index contributed by atoms with van der Waals surface area (Å²) in [5.41, 5.74) is 9.75. The van der Waals surface area contributed by atoms with E-state index in [1.807, 2.05) is 0 Å². The molecule has 10 heteroatoms. The van der Waals surface area contributed by atoms with Crippen molar-refractivity contribution >= 4 is 23.9 Å². The predicted octanol–water partition coefficient (Wildman–Crippen LogP) is 0.00890. The Labute approximate surface area is 152 Å². The van der Waals surface area contributed by atoms with Gasteiger partial charge < -0.3 is 26.6 Å². The van der Waals surface area contributed by atoms with Gasteiger partial charge in [-0.05, 0) is 46.5 Å². The van der Waals surface area contributed by atoms with Gasteiger partial charge in [0.05, 0.1) is 0 Å². The number of aliphatic imine (C=N–C) groups is 1. The molecule has 1 rings (SSSR count). The molecule has 1 aliphatic rings. The largest absolute Gasteiger partial charge is 0.480 e. The van der Waals surface area contributed by atoms with Gasteiger partial charge in [-0.3, -0.25) is 14.7 Å². The number of hydrogen-bond acceptors (Lipinski definition) is 5. The third kappa shape index (κ3) is 7.16. The zero-order valence-corrected chi connectivity index (χ0v) is 15.5. The highest BCUT2D eigenvalue weighted by Gasteiger charge is 2.37. The SMILES string of the molecule is CC(C)(C)OC(=O)N1CCCC1C(=O)NC(CCCN=C(N)N)C(=O)O. The normalized spacial score (nSPS) is 18.1. The van der Waals surface area contributed by atoms with E-state index in [0.29, 0.717) is 25.8 Å². The first-order valence-electron chi connectivity index (χ1n) is 8.59. The van der Waals surface area contributed by atoms with Crippen LogP contribution >= 0.6 is 0 Å². The van der Waals surface area contributed by atoms with E-state index < -0.39 is 35.7 Å². The lowest BCUT2D eigenvalue weighted by molar-refractivity contribution is -0.142. The number of nitrogens with one attached hydrogen (secondary N) is 1. The number of aliphatic carboxylic acids is 1. The molecule has 2 atom stereocenters. The third-order valence-corrected chi connectivity index (χ3v) is 3.74. The molecule has 0 saturated carbocycles. The van der Waals surface area contributed by atoms with Crippen LogP contribution in [0, 0.1) is 0 Å². The molecule has 6 N–H and O–H groups in total. The van der Waals surface area contributed by atoms with Gasteiger partial charge in [-0.15, -0.1) is 0 Å². The van der Waals surface area contributed by atoms with E-state index in [-0.39, 0.29) is 18.9 Å². The van der Waals surface area contributed by atoms with E-state index in [9.17, 15) is 19.5 Å². The predicted molar refractivity (Wildman–Crippen MR) is 95.4 cm³/mol. The maximum Gasteiger partial charge on any atom is 0.410 e. The van der Waals surface area contributed by atoms with Crippen molar-refractivity contribution in [2.45, 2.75) is 64.1 Å². The van der Waals surface area contributed by atoms with Gasteiger partial charge in [0.15, 0.2) is 5.96 Å². The molecular weight excluding hydrogens is 342 g/mol. The quantitative estimate of drug-likeness (QED) is 0.278. The topological polar surface area (TPSA) is 160 Å². The molecule has 1 saturated heterocycles. The first-order chi connectivity index (χ1) is 12.0. The summed E-state index contributed by atoms with van der Waals surface area (Å²) < 4.78 is 5.31. The number of carbonyl (C=O) groups excluding carboxylic acids is 2. The number of amides is 2. The minimum atomic E-state index is -1.15. The zero-order valence-electron chi connectivity index (χ0n) is 15.5. The molecular formula is C16H29N5O5. The second-order valence-corrected chi connectivity index (χ2v) is 7.18. The number of ether oxygens (including phenoxy) is 1. The van der Waals surface area contributed by atoms with Crippen molar-refractivity contribution < 1.29 is 24.2 Å². The summed E-state index contributed by atoms with van der Waals surface area (Å²) >= 11 is 0. The van der Waals surface area contributed by atoms with Crippen LogP contribution in [0.5, 0.6) is 0 Å². The third-order valence-electron chi connectivity index (χ3n) is 3.74. The first-order valence-corrected chi connectivity index (χ1v) is 8.59. The van der Waals surface area contributed by atoms with Gasteiger partial charge in [-0.25, -0.2) is 9.59 Å². The second kappa shape index (κ2) is 9.25. The maximum atomic E-state index is 12.5.